The number of pyridine rings is 2. The highest BCUT2D eigenvalue weighted by molar-refractivity contribution is 5.94. The molecule has 8 heteroatoms. The molecule has 1 amide bonds. The first-order chi connectivity index (χ1) is 16.5. The van der Waals surface area contributed by atoms with Gasteiger partial charge in [-0.1, -0.05) is 19.2 Å². The average Bonchev–Trinajstić information content (AvgIpc) is 3.12. The summed E-state index contributed by atoms with van der Waals surface area (Å²) in [4.78, 5) is 26.6. The molecule has 2 aromatic heterocycles. The van der Waals surface area contributed by atoms with Crippen molar-refractivity contribution in [2.75, 3.05) is 32.2 Å². The molecule has 4 heterocycles. The Morgan fingerprint density at radius 1 is 1.03 bits per heavy atom. The Balaban J connectivity index is 1.54. The molecule has 178 valence electrons. The van der Waals surface area contributed by atoms with Crippen LogP contribution in [0.1, 0.15) is 29.0 Å². The largest absolute Gasteiger partial charge is 0.494 e. The van der Waals surface area contributed by atoms with E-state index in [2.05, 4.69) is 28.0 Å². The van der Waals surface area contributed by atoms with Crippen molar-refractivity contribution >= 4 is 11.6 Å². The van der Waals surface area contributed by atoms with E-state index in [0.717, 1.165) is 43.1 Å². The fourth-order valence-electron chi connectivity index (χ4n) is 4.66. The zero-order valence-corrected chi connectivity index (χ0v) is 19.9. The molecule has 2 aliphatic rings. The highest BCUT2D eigenvalue weighted by Crippen LogP contribution is 2.37. The molecular formula is C26H30N4O4. The van der Waals surface area contributed by atoms with E-state index in [4.69, 9.17) is 14.2 Å². The molecule has 0 N–H and O–H groups in total. The average molecular weight is 463 g/mol. The van der Waals surface area contributed by atoms with Gasteiger partial charge in [-0.05, 0) is 31.9 Å². The van der Waals surface area contributed by atoms with E-state index in [9.17, 15) is 4.79 Å². The summed E-state index contributed by atoms with van der Waals surface area (Å²) in [6.45, 7) is 10.8. The van der Waals surface area contributed by atoms with Gasteiger partial charge in [0.1, 0.15) is 17.2 Å². The number of piperazine rings is 1. The van der Waals surface area contributed by atoms with Gasteiger partial charge in [-0.15, -0.1) is 0 Å². The number of methoxy groups -OCH3 is 2. The van der Waals surface area contributed by atoms with Crippen molar-refractivity contribution in [3.05, 3.63) is 73.1 Å². The first-order valence-electron chi connectivity index (χ1n) is 11.2. The normalized spacial score (nSPS) is 19.6. The number of fused-ring (bicyclic) bond motifs is 2. The smallest absolute Gasteiger partial charge is 0.273 e. The number of carbonyl (C=O) groups is 1. The molecule has 0 radical (unpaired) electrons. The molecule has 0 aliphatic carbocycles. The molecule has 2 aliphatic heterocycles. The number of nitrogens with zero attached hydrogens (tertiary/aromatic N) is 4. The molecular weight excluding hydrogens is 432 g/mol. The minimum Gasteiger partial charge on any atom is -0.494 e. The van der Waals surface area contributed by atoms with Gasteiger partial charge in [0.15, 0.2) is 11.5 Å². The van der Waals surface area contributed by atoms with Gasteiger partial charge < -0.3 is 24.0 Å². The molecule has 8 nitrogen and oxygen atoms in total. The maximum absolute atomic E-state index is 13.5. The van der Waals surface area contributed by atoms with E-state index < -0.39 is 0 Å². The number of aryl methyl sites for hydroxylation is 1. The second-order valence-electron chi connectivity index (χ2n) is 8.33. The van der Waals surface area contributed by atoms with Crippen LogP contribution in [0.4, 0.5) is 5.69 Å². The number of anilines is 1. The molecule has 2 bridgehead atoms. The summed E-state index contributed by atoms with van der Waals surface area (Å²) < 4.78 is 16.9. The van der Waals surface area contributed by atoms with Crippen LogP contribution in [0.5, 0.6) is 17.2 Å². The monoisotopic (exact) mass is 462 g/mol. The molecule has 4 rings (SSSR count). The predicted octanol–water partition coefficient (Wildman–Crippen LogP) is 3.93. The number of aromatic nitrogens is 2. The number of ether oxygens (including phenoxy) is 3. The Hall–Kier alpha value is -3.81. The van der Waals surface area contributed by atoms with Crippen molar-refractivity contribution in [2.24, 2.45) is 0 Å². The van der Waals surface area contributed by atoms with E-state index >= 15 is 0 Å². The SMILES string of the molecule is C=C/C=C(\C=C)Oc1cnc(C(=O)N2C3CCC2CN(c2cnc(C)cc2OC)C3)cc1OC. The van der Waals surface area contributed by atoms with Gasteiger partial charge in [0.05, 0.1) is 44.4 Å². The molecule has 0 saturated carbocycles. The van der Waals surface area contributed by atoms with Crippen LogP contribution in [0.15, 0.2) is 61.7 Å². The molecule has 2 unspecified atom stereocenters. The van der Waals surface area contributed by atoms with E-state index in [1.165, 1.54) is 13.3 Å². The summed E-state index contributed by atoms with van der Waals surface area (Å²) in [5.74, 6) is 2.04. The first-order valence-corrected chi connectivity index (χ1v) is 11.2. The second-order valence-corrected chi connectivity index (χ2v) is 8.33. The van der Waals surface area contributed by atoms with Crippen LogP contribution in [0.25, 0.3) is 0 Å². The molecule has 2 saturated heterocycles. The molecule has 0 aromatic carbocycles. The van der Waals surface area contributed by atoms with Gasteiger partial charge in [0, 0.05) is 30.9 Å². The molecule has 2 atom stereocenters. The Bertz CT molecular complexity index is 1120. The van der Waals surface area contributed by atoms with Gasteiger partial charge in [-0.3, -0.25) is 9.78 Å². The van der Waals surface area contributed by atoms with Gasteiger partial charge >= 0.3 is 0 Å². The van der Waals surface area contributed by atoms with Crippen molar-refractivity contribution < 1.29 is 19.0 Å². The fourth-order valence-corrected chi connectivity index (χ4v) is 4.66. The van der Waals surface area contributed by atoms with Crippen LogP contribution in [-0.4, -0.2) is 60.2 Å². The van der Waals surface area contributed by atoms with E-state index in [0.29, 0.717) is 23.0 Å². The first kappa shape index (κ1) is 23.4. The lowest BCUT2D eigenvalue weighted by Crippen LogP contribution is -2.56. The minimum absolute atomic E-state index is 0.0869. The standard InChI is InChI=1S/C26H30N4O4/c1-6-8-20(7-2)34-25-14-28-21(12-24(25)33-5)26(31)30-18-9-10-19(30)16-29(15-18)22-13-27-17(3)11-23(22)32-4/h6-8,11-14,18-19H,1-2,9-10,15-16H2,3-5H3/b20-8+. The van der Waals surface area contributed by atoms with Crippen LogP contribution in [0, 0.1) is 6.92 Å². The summed E-state index contributed by atoms with van der Waals surface area (Å²) in [7, 11) is 3.21. The van der Waals surface area contributed by atoms with E-state index in [1.807, 2.05) is 24.1 Å². The number of hydrogen-bond donors (Lipinski definition) is 0. The number of hydrogen-bond acceptors (Lipinski definition) is 7. The summed E-state index contributed by atoms with van der Waals surface area (Å²) >= 11 is 0. The number of rotatable bonds is 8. The zero-order chi connectivity index (χ0) is 24.2. The lowest BCUT2D eigenvalue weighted by atomic mass is 10.1. The van der Waals surface area contributed by atoms with Gasteiger partial charge in [-0.2, -0.15) is 0 Å². The second kappa shape index (κ2) is 9.99. The molecule has 2 aromatic rings. The highest BCUT2D eigenvalue weighted by Gasteiger charge is 2.43. The van der Waals surface area contributed by atoms with Crippen molar-refractivity contribution in [3.63, 3.8) is 0 Å². The van der Waals surface area contributed by atoms with Crippen molar-refractivity contribution in [1.29, 1.82) is 0 Å². The third-order valence-electron chi connectivity index (χ3n) is 6.24. The quantitative estimate of drug-likeness (QED) is 0.435. The maximum atomic E-state index is 13.5. The van der Waals surface area contributed by atoms with Crippen molar-refractivity contribution in [1.82, 2.24) is 14.9 Å². The number of allylic oxidation sites excluding steroid dienone is 3. The van der Waals surface area contributed by atoms with Crippen LogP contribution >= 0.6 is 0 Å². The van der Waals surface area contributed by atoms with E-state index in [1.54, 1.807) is 31.4 Å². The topological polar surface area (TPSA) is 77.0 Å². The lowest BCUT2D eigenvalue weighted by molar-refractivity contribution is 0.0634. The number of carbonyl (C=O) groups excluding carboxylic acids is 1. The van der Waals surface area contributed by atoms with Gasteiger partial charge in [0.25, 0.3) is 5.91 Å². The summed E-state index contributed by atoms with van der Waals surface area (Å²) in [5, 5.41) is 0. The molecule has 34 heavy (non-hydrogen) atoms. The van der Waals surface area contributed by atoms with Crippen molar-refractivity contribution in [2.45, 2.75) is 31.8 Å². The third kappa shape index (κ3) is 4.48. The van der Waals surface area contributed by atoms with Crippen molar-refractivity contribution in [3.8, 4) is 17.2 Å². The van der Waals surface area contributed by atoms with Gasteiger partial charge in [-0.25, -0.2) is 4.98 Å². The summed E-state index contributed by atoms with van der Waals surface area (Å²) in [6.07, 6.45) is 10.1. The minimum atomic E-state index is -0.100. The molecule has 0 spiro atoms. The fraction of sp³-hybridized carbons (Fsp3) is 0.346. The summed E-state index contributed by atoms with van der Waals surface area (Å²) in [6, 6.07) is 3.74. The Morgan fingerprint density at radius 2 is 1.74 bits per heavy atom. The highest BCUT2D eigenvalue weighted by atomic mass is 16.5. The predicted molar refractivity (Wildman–Crippen MR) is 131 cm³/mol. The third-order valence-corrected chi connectivity index (χ3v) is 6.24. The van der Waals surface area contributed by atoms with Crippen LogP contribution in [0.2, 0.25) is 0 Å². The van der Waals surface area contributed by atoms with Gasteiger partial charge in [0.2, 0.25) is 0 Å². The number of amides is 1. The Kier molecular flexibility index (Phi) is 6.86. The zero-order valence-electron chi connectivity index (χ0n) is 19.9. The maximum Gasteiger partial charge on any atom is 0.273 e. The Labute approximate surface area is 200 Å². The lowest BCUT2D eigenvalue weighted by Gasteiger charge is -2.42. The van der Waals surface area contributed by atoms with Crippen LogP contribution in [0.3, 0.4) is 0 Å². The molecule has 2 fully saturated rings. The summed E-state index contributed by atoms with van der Waals surface area (Å²) in [5.41, 5.74) is 2.20. The van der Waals surface area contributed by atoms with E-state index in [-0.39, 0.29) is 18.0 Å². The van der Waals surface area contributed by atoms with Crippen LogP contribution in [-0.2, 0) is 0 Å². The van der Waals surface area contributed by atoms with Crippen LogP contribution < -0.4 is 19.1 Å². The Morgan fingerprint density at radius 3 is 2.35 bits per heavy atom.